The Labute approximate surface area is 98.9 Å². The lowest BCUT2D eigenvalue weighted by atomic mass is 10.1. The molecular weight excluding hydrogens is 224 g/mol. The van der Waals surface area contributed by atoms with Gasteiger partial charge in [0.15, 0.2) is 6.29 Å². The number of carboxylic acids is 1. The second-order valence-corrected chi connectivity index (χ2v) is 3.81. The zero-order valence-corrected chi connectivity index (χ0v) is 9.46. The average Bonchev–Trinajstić information content (AvgIpc) is 2.39. The Morgan fingerprint density at radius 2 is 1.88 bits per heavy atom. The van der Waals surface area contributed by atoms with Gasteiger partial charge in [-0.15, -0.1) is 0 Å². The first kappa shape index (κ1) is 11.9. The van der Waals surface area contributed by atoms with Gasteiger partial charge in [-0.05, 0) is 12.1 Å². The summed E-state index contributed by atoms with van der Waals surface area (Å²) in [4.78, 5) is 10.7. The molecule has 0 atom stereocenters. The average molecular weight is 238 g/mol. The Bertz CT molecular complexity index is 378. The molecular formula is C12H14O5. The first-order valence-corrected chi connectivity index (χ1v) is 5.30. The summed E-state index contributed by atoms with van der Waals surface area (Å²) in [6.07, 6.45) is -0.489. The van der Waals surface area contributed by atoms with E-state index in [-0.39, 0.29) is 13.2 Å². The first-order valence-electron chi connectivity index (χ1n) is 5.30. The zero-order valence-electron chi connectivity index (χ0n) is 9.46. The molecule has 92 valence electrons. The van der Waals surface area contributed by atoms with Gasteiger partial charge in [0.25, 0.3) is 0 Å². The van der Waals surface area contributed by atoms with E-state index in [1.54, 1.807) is 7.11 Å². The maximum atomic E-state index is 10.7. The molecule has 2 rings (SSSR count). The van der Waals surface area contributed by atoms with Crippen molar-refractivity contribution >= 4 is 5.97 Å². The molecule has 0 unspecified atom stereocenters. The Morgan fingerprint density at radius 1 is 1.29 bits per heavy atom. The summed E-state index contributed by atoms with van der Waals surface area (Å²) in [6, 6.07) is 7.30. The molecule has 1 fully saturated rings. The summed E-state index contributed by atoms with van der Waals surface area (Å²) >= 11 is 0. The van der Waals surface area contributed by atoms with E-state index in [0.29, 0.717) is 0 Å². The lowest BCUT2D eigenvalue weighted by molar-refractivity contribution is -0.211. The van der Waals surface area contributed by atoms with E-state index in [9.17, 15) is 4.79 Å². The van der Waals surface area contributed by atoms with Crippen molar-refractivity contribution in [2.45, 2.75) is 6.29 Å². The van der Waals surface area contributed by atoms with Crippen LogP contribution >= 0.6 is 0 Å². The van der Waals surface area contributed by atoms with Crippen LogP contribution in [0.4, 0.5) is 0 Å². The summed E-state index contributed by atoms with van der Waals surface area (Å²) in [7, 11) is 1.60. The molecule has 1 aromatic rings. The molecule has 0 amide bonds. The number of benzene rings is 1. The van der Waals surface area contributed by atoms with Crippen LogP contribution in [-0.4, -0.2) is 31.4 Å². The van der Waals surface area contributed by atoms with Gasteiger partial charge in [-0.1, -0.05) is 12.1 Å². The van der Waals surface area contributed by atoms with E-state index in [4.69, 9.17) is 19.3 Å². The van der Waals surface area contributed by atoms with Crippen LogP contribution in [-0.2, 0) is 14.3 Å². The molecule has 1 heterocycles. The van der Waals surface area contributed by atoms with E-state index in [0.717, 1.165) is 11.3 Å². The van der Waals surface area contributed by atoms with Gasteiger partial charge in [-0.25, -0.2) is 0 Å². The van der Waals surface area contributed by atoms with E-state index < -0.39 is 18.2 Å². The molecule has 17 heavy (non-hydrogen) atoms. The molecule has 0 aromatic heterocycles. The highest BCUT2D eigenvalue weighted by Gasteiger charge is 2.27. The topological polar surface area (TPSA) is 65.0 Å². The van der Waals surface area contributed by atoms with Gasteiger partial charge < -0.3 is 19.3 Å². The molecule has 1 aliphatic rings. The molecule has 5 nitrogen and oxygen atoms in total. The summed E-state index contributed by atoms with van der Waals surface area (Å²) in [5.74, 6) is -0.712. The lowest BCUT2D eigenvalue weighted by Crippen LogP contribution is -2.32. The molecule has 1 aliphatic heterocycles. The third-order valence-corrected chi connectivity index (χ3v) is 2.63. The highest BCUT2D eigenvalue weighted by molar-refractivity contribution is 5.70. The van der Waals surface area contributed by atoms with Crippen LogP contribution in [0.3, 0.4) is 0 Å². The van der Waals surface area contributed by atoms with Crippen molar-refractivity contribution < 1.29 is 24.1 Å². The highest BCUT2D eigenvalue weighted by atomic mass is 16.7. The highest BCUT2D eigenvalue weighted by Crippen LogP contribution is 2.26. The third kappa shape index (κ3) is 2.75. The van der Waals surface area contributed by atoms with Gasteiger partial charge in [-0.3, -0.25) is 4.79 Å². The van der Waals surface area contributed by atoms with Crippen LogP contribution in [0.25, 0.3) is 0 Å². The van der Waals surface area contributed by atoms with Crippen molar-refractivity contribution in [3.05, 3.63) is 29.8 Å². The number of carboxylic acid groups (broad SMARTS) is 1. The number of aliphatic carboxylic acids is 1. The van der Waals surface area contributed by atoms with Crippen molar-refractivity contribution in [3.8, 4) is 5.75 Å². The largest absolute Gasteiger partial charge is 0.497 e. The predicted molar refractivity (Wildman–Crippen MR) is 58.8 cm³/mol. The van der Waals surface area contributed by atoms with Crippen LogP contribution in [0.5, 0.6) is 5.75 Å². The fourth-order valence-electron chi connectivity index (χ4n) is 1.60. The van der Waals surface area contributed by atoms with Gasteiger partial charge in [0.05, 0.1) is 20.3 Å². The van der Waals surface area contributed by atoms with E-state index in [2.05, 4.69) is 0 Å². The quantitative estimate of drug-likeness (QED) is 0.863. The molecule has 5 heteroatoms. The molecule has 0 radical (unpaired) electrons. The number of rotatable bonds is 3. The summed E-state index contributed by atoms with van der Waals surface area (Å²) in [5, 5.41) is 8.79. The van der Waals surface area contributed by atoms with Gasteiger partial charge in [0.2, 0.25) is 0 Å². The summed E-state index contributed by atoms with van der Waals surface area (Å²) in [6.45, 7) is 0.345. The maximum absolute atomic E-state index is 10.7. The number of ether oxygens (including phenoxy) is 3. The van der Waals surface area contributed by atoms with Crippen LogP contribution in [0, 0.1) is 5.92 Å². The minimum Gasteiger partial charge on any atom is -0.497 e. The number of hydrogen-bond donors (Lipinski definition) is 1. The Hall–Kier alpha value is -1.59. The van der Waals surface area contributed by atoms with Gasteiger partial charge in [-0.2, -0.15) is 0 Å². The van der Waals surface area contributed by atoms with Crippen molar-refractivity contribution in [1.29, 1.82) is 0 Å². The second-order valence-electron chi connectivity index (χ2n) is 3.81. The minimum atomic E-state index is -0.891. The number of carbonyl (C=O) groups is 1. The van der Waals surface area contributed by atoms with Crippen molar-refractivity contribution in [3.63, 3.8) is 0 Å². The molecule has 0 aliphatic carbocycles. The van der Waals surface area contributed by atoms with Crippen LogP contribution in [0.2, 0.25) is 0 Å². The minimum absolute atomic E-state index is 0.173. The van der Waals surface area contributed by atoms with Crippen molar-refractivity contribution in [1.82, 2.24) is 0 Å². The first-order chi connectivity index (χ1) is 8.20. The van der Waals surface area contributed by atoms with Crippen LogP contribution in [0.15, 0.2) is 24.3 Å². The van der Waals surface area contributed by atoms with Crippen molar-refractivity contribution in [2.24, 2.45) is 5.92 Å². The molecule has 0 spiro atoms. The van der Waals surface area contributed by atoms with Crippen molar-refractivity contribution in [2.75, 3.05) is 20.3 Å². The fraction of sp³-hybridized carbons (Fsp3) is 0.417. The summed E-state index contributed by atoms with van der Waals surface area (Å²) < 4.78 is 15.8. The zero-order chi connectivity index (χ0) is 12.3. The second kappa shape index (κ2) is 5.16. The predicted octanol–water partition coefficient (Wildman–Crippen LogP) is 1.44. The Balaban J connectivity index is 1.97. The Morgan fingerprint density at radius 3 is 2.35 bits per heavy atom. The molecule has 1 N–H and O–H groups in total. The monoisotopic (exact) mass is 238 g/mol. The van der Waals surface area contributed by atoms with Gasteiger partial charge in [0.1, 0.15) is 11.7 Å². The standard InChI is InChI=1S/C12H14O5/c1-15-10-4-2-8(3-5-10)12-16-6-9(7-17-12)11(13)14/h2-5,9,12H,6-7H2,1H3,(H,13,14). The molecule has 0 bridgehead atoms. The van der Waals surface area contributed by atoms with E-state index in [1.807, 2.05) is 24.3 Å². The van der Waals surface area contributed by atoms with Gasteiger partial charge in [0, 0.05) is 5.56 Å². The van der Waals surface area contributed by atoms with Crippen LogP contribution < -0.4 is 4.74 Å². The van der Waals surface area contributed by atoms with Gasteiger partial charge >= 0.3 is 5.97 Å². The fourth-order valence-corrected chi connectivity index (χ4v) is 1.60. The summed E-state index contributed by atoms with van der Waals surface area (Å²) in [5.41, 5.74) is 0.856. The molecule has 1 aromatic carbocycles. The SMILES string of the molecule is COc1ccc(C2OCC(C(=O)O)CO2)cc1. The lowest BCUT2D eigenvalue weighted by Gasteiger charge is -2.27. The normalized spacial score (nSPS) is 24.3. The smallest absolute Gasteiger partial charge is 0.311 e. The molecule has 0 saturated carbocycles. The van der Waals surface area contributed by atoms with E-state index >= 15 is 0 Å². The maximum Gasteiger partial charge on any atom is 0.311 e. The number of hydrogen-bond acceptors (Lipinski definition) is 4. The van der Waals surface area contributed by atoms with Crippen LogP contribution in [0.1, 0.15) is 11.9 Å². The Kier molecular flexibility index (Phi) is 3.61. The van der Waals surface area contributed by atoms with E-state index in [1.165, 1.54) is 0 Å². The third-order valence-electron chi connectivity index (χ3n) is 2.63. The molecule has 1 saturated heterocycles. The number of methoxy groups -OCH3 is 1.